The fraction of sp³-hybridized carbons (Fsp3) is 0.476. The number of rotatable bonds is 4. The van der Waals surface area contributed by atoms with Crippen molar-refractivity contribution in [2.45, 2.75) is 57.0 Å². The fourth-order valence-electron chi connectivity index (χ4n) is 3.68. The van der Waals surface area contributed by atoms with Crippen molar-refractivity contribution < 1.29 is 4.79 Å². The maximum atomic E-state index is 13.0. The van der Waals surface area contributed by atoms with Gasteiger partial charge >= 0.3 is 6.03 Å². The average molecular weight is 387 g/mol. The number of carbonyl (C=O) groups excluding carboxylic acids is 1. The number of hydrogen-bond acceptors (Lipinski definition) is 3. The topological polar surface area (TPSA) is 58.1 Å². The smallest absolute Gasteiger partial charge is 0.318 e. The molecule has 0 radical (unpaired) electrons. The zero-order valence-electron chi connectivity index (χ0n) is 15.8. The Balaban J connectivity index is 1.78. The van der Waals surface area contributed by atoms with Crippen LogP contribution in [0.5, 0.6) is 0 Å². The number of urea groups is 1. The quantitative estimate of drug-likeness (QED) is 0.806. The number of hydrogen-bond donors (Lipinski definition) is 1. The van der Waals surface area contributed by atoms with E-state index in [2.05, 4.69) is 15.3 Å². The van der Waals surface area contributed by atoms with Crippen LogP contribution in [0.4, 0.5) is 4.79 Å². The van der Waals surface area contributed by atoms with Gasteiger partial charge in [0.1, 0.15) is 6.04 Å². The highest BCUT2D eigenvalue weighted by Crippen LogP contribution is 2.27. The van der Waals surface area contributed by atoms with E-state index in [4.69, 9.17) is 11.6 Å². The predicted octanol–water partition coefficient (Wildman–Crippen LogP) is 4.97. The molecule has 6 heteroatoms. The molecule has 5 nitrogen and oxygen atoms in total. The third-order valence-corrected chi connectivity index (χ3v) is 5.44. The van der Waals surface area contributed by atoms with E-state index in [0.717, 1.165) is 24.1 Å². The number of halogens is 1. The first-order valence-corrected chi connectivity index (χ1v) is 10.1. The molecule has 144 valence electrons. The van der Waals surface area contributed by atoms with Gasteiger partial charge in [-0.3, -0.25) is 9.97 Å². The van der Waals surface area contributed by atoms with Crippen molar-refractivity contribution in [1.29, 1.82) is 0 Å². The summed E-state index contributed by atoms with van der Waals surface area (Å²) >= 11 is 6.04. The number of nitrogens with zero attached hydrogens (tertiary/aromatic N) is 3. The molecule has 1 aromatic carbocycles. The van der Waals surface area contributed by atoms with Crippen LogP contribution in [0.2, 0.25) is 5.02 Å². The van der Waals surface area contributed by atoms with Gasteiger partial charge in [0.2, 0.25) is 0 Å². The summed E-state index contributed by atoms with van der Waals surface area (Å²) in [4.78, 5) is 23.3. The lowest BCUT2D eigenvalue weighted by Gasteiger charge is -2.30. The minimum Gasteiger partial charge on any atom is -0.335 e. The second-order valence-electron chi connectivity index (χ2n) is 7.19. The molecule has 2 aromatic rings. The molecule has 1 N–H and O–H groups in total. The van der Waals surface area contributed by atoms with E-state index in [-0.39, 0.29) is 18.1 Å². The molecule has 1 aliphatic rings. The lowest BCUT2D eigenvalue weighted by molar-refractivity contribution is 0.190. The minimum absolute atomic E-state index is 0.0776. The van der Waals surface area contributed by atoms with Crippen molar-refractivity contribution in [3.8, 4) is 0 Å². The van der Waals surface area contributed by atoms with Crippen LogP contribution in [0.25, 0.3) is 0 Å². The zero-order valence-corrected chi connectivity index (χ0v) is 16.5. The Morgan fingerprint density at radius 2 is 1.78 bits per heavy atom. The largest absolute Gasteiger partial charge is 0.335 e. The van der Waals surface area contributed by atoms with Crippen molar-refractivity contribution in [2.75, 3.05) is 7.05 Å². The first-order valence-electron chi connectivity index (χ1n) is 9.70. The van der Waals surface area contributed by atoms with Gasteiger partial charge in [0.15, 0.2) is 0 Å². The van der Waals surface area contributed by atoms with Gasteiger partial charge in [-0.05, 0) is 30.5 Å². The van der Waals surface area contributed by atoms with Crippen molar-refractivity contribution in [2.24, 2.45) is 0 Å². The Labute approximate surface area is 166 Å². The Morgan fingerprint density at radius 3 is 2.41 bits per heavy atom. The summed E-state index contributed by atoms with van der Waals surface area (Å²) in [6.45, 7) is 0. The lowest BCUT2D eigenvalue weighted by atomic mass is 9.97. The summed E-state index contributed by atoms with van der Waals surface area (Å²) in [5, 5.41) is 3.90. The standard InChI is InChI=1S/C21H27ClN4O/c1-26(21(27)25-18-7-5-3-2-4-6-8-18)20(19-15-23-13-14-24-19)16-9-11-17(22)12-10-16/h9-15,18,20H,2-8H2,1H3,(H,25,27)/t20-/m0/s1. The summed E-state index contributed by atoms with van der Waals surface area (Å²) < 4.78 is 0. The molecule has 0 unspecified atom stereocenters. The van der Waals surface area contributed by atoms with E-state index in [1.807, 2.05) is 31.3 Å². The first kappa shape index (κ1) is 19.6. The highest BCUT2D eigenvalue weighted by molar-refractivity contribution is 6.30. The number of carbonyl (C=O) groups is 1. The number of benzene rings is 1. The van der Waals surface area contributed by atoms with Gasteiger partial charge in [0.05, 0.1) is 11.9 Å². The van der Waals surface area contributed by atoms with Gasteiger partial charge in [-0.15, -0.1) is 0 Å². The number of nitrogens with one attached hydrogen (secondary N) is 1. The van der Waals surface area contributed by atoms with E-state index < -0.39 is 0 Å². The molecule has 0 bridgehead atoms. The van der Waals surface area contributed by atoms with E-state index in [9.17, 15) is 4.79 Å². The zero-order chi connectivity index (χ0) is 19.1. The van der Waals surface area contributed by atoms with Crippen LogP contribution in [0.3, 0.4) is 0 Å². The molecular weight excluding hydrogens is 360 g/mol. The third kappa shape index (κ3) is 5.42. The van der Waals surface area contributed by atoms with Crippen LogP contribution in [-0.4, -0.2) is 34.0 Å². The SMILES string of the molecule is CN(C(=O)NC1CCCCCCC1)[C@@H](c1ccc(Cl)cc1)c1cnccn1. The van der Waals surface area contributed by atoms with Crippen LogP contribution in [-0.2, 0) is 0 Å². The third-order valence-electron chi connectivity index (χ3n) is 5.19. The molecule has 1 aliphatic carbocycles. The van der Waals surface area contributed by atoms with Gasteiger partial charge in [-0.25, -0.2) is 4.79 Å². The summed E-state index contributed by atoms with van der Waals surface area (Å²) in [5.74, 6) is 0. The minimum atomic E-state index is -0.315. The van der Waals surface area contributed by atoms with Crippen LogP contribution < -0.4 is 5.32 Å². The number of amides is 2. The van der Waals surface area contributed by atoms with Crippen molar-refractivity contribution in [1.82, 2.24) is 20.2 Å². The maximum Gasteiger partial charge on any atom is 0.318 e. The Morgan fingerprint density at radius 1 is 1.11 bits per heavy atom. The Hall–Kier alpha value is -2.14. The monoisotopic (exact) mass is 386 g/mol. The van der Waals surface area contributed by atoms with Crippen molar-refractivity contribution in [3.05, 3.63) is 59.1 Å². The van der Waals surface area contributed by atoms with Crippen LogP contribution in [0.1, 0.15) is 62.2 Å². The van der Waals surface area contributed by atoms with Crippen molar-refractivity contribution in [3.63, 3.8) is 0 Å². The van der Waals surface area contributed by atoms with E-state index in [1.165, 1.54) is 32.1 Å². The summed E-state index contributed by atoms with van der Waals surface area (Å²) in [5.41, 5.74) is 1.69. The van der Waals surface area contributed by atoms with E-state index >= 15 is 0 Å². The second-order valence-corrected chi connectivity index (χ2v) is 7.62. The van der Waals surface area contributed by atoms with E-state index in [1.54, 1.807) is 23.5 Å². The molecule has 3 rings (SSSR count). The van der Waals surface area contributed by atoms with Gasteiger partial charge in [0.25, 0.3) is 0 Å². The highest BCUT2D eigenvalue weighted by atomic mass is 35.5. The molecule has 1 fully saturated rings. The molecular formula is C21H27ClN4O. The summed E-state index contributed by atoms with van der Waals surface area (Å²) in [6, 6.07) is 7.38. The van der Waals surface area contributed by atoms with Gasteiger partial charge in [0, 0.05) is 30.5 Å². The normalized spacial score (nSPS) is 16.8. The number of aromatic nitrogens is 2. The summed E-state index contributed by atoms with van der Waals surface area (Å²) in [6.07, 6.45) is 13.3. The molecule has 0 spiro atoms. The molecule has 27 heavy (non-hydrogen) atoms. The van der Waals surface area contributed by atoms with Crippen molar-refractivity contribution >= 4 is 17.6 Å². The molecule has 0 saturated heterocycles. The van der Waals surface area contributed by atoms with Crippen LogP contribution >= 0.6 is 11.6 Å². The molecule has 1 aromatic heterocycles. The predicted molar refractivity (Wildman–Crippen MR) is 108 cm³/mol. The van der Waals surface area contributed by atoms with Gasteiger partial charge in [-0.1, -0.05) is 55.8 Å². The molecule has 1 heterocycles. The average Bonchev–Trinajstić information content (AvgIpc) is 2.66. The molecule has 0 aliphatic heterocycles. The molecule has 1 atom stereocenters. The van der Waals surface area contributed by atoms with Crippen LogP contribution in [0.15, 0.2) is 42.9 Å². The van der Waals surface area contributed by atoms with Crippen LogP contribution in [0, 0.1) is 0 Å². The van der Waals surface area contributed by atoms with E-state index in [0.29, 0.717) is 5.02 Å². The highest BCUT2D eigenvalue weighted by Gasteiger charge is 2.26. The Kier molecular flexibility index (Phi) is 7.04. The Bertz CT molecular complexity index is 715. The van der Waals surface area contributed by atoms with Gasteiger partial charge in [-0.2, -0.15) is 0 Å². The summed E-state index contributed by atoms with van der Waals surface area (Å²) in [7, 11) is 1.81. The molecule has 1 saturated carbocycles. The molecule has 2 amide bonds. The second kappa shape index (κ2) is 9.70. The van der Waals surface area contributed by atoms with Gasteiger partial charge < -0.3 is 10.2 Å². The lowest BCUT2D eigenvalue weighted by Crippen LogP contribution is -2.45. The first-order chi connectivity index (χ1) is 13.1. The fourth-order valence-corrected chi connectivity index (χ4v) is 3.81. The maximum absolute atomic E-state index is 13.0.